The van der Waals surface area contributed by atoms with E-state index in [-0.39, 0.29) is 6.04 Å². The van der Waals surface area contributed by atoms with Crippen molar-refractivity contribution < 1.29 is 4.74 Å². The molecule has 3 aromatic carbocycles. The van der Waals surface area contributed by atoms with Gasteiger partial charge >= 0.3 is 0 Å². The minimum absolute atomic E-state index is 0.107. The topological polar surface area (TPSA) is 24.5 Å². The number of rotatable bonds is 6. The third-order valence-corrected chi connectivity index (χ3v) is 5.14. The number of hydrogen-bond donors (Lipinski definition) is 1. The fourth-order valence-corrected chi connectivity index (χ4v) is 4.02. The number of hydrazine groups is 1. The van der Waals surface area contributed by atoms with Crippen LogP contribution in [0.2, 0.25) is 0 Å². The van der Waals surface area contributed by atoms with E-state index in [2.05, 4.69) is 108 Å². The predicted octanol–water partition coefficient (Wildman–Crippen LogP) is 4.33. The highest BCUT2D eigenvalue weighted by Gasteiger charge is 2.46. The summed E-state index contributed by atoms with van der Waals surface area (Å²) in [5, 5.41) is 2.30. The Morgan fingerprint density at radius 1 is 0.778 bits per heavy atom. The molecule has 1 aliphatic heterocycles. The Balaban J connectivity index is 2.01. The highest BCUT2D eigenvalue weighted by Crippen LogP contribution is 2.43. The Bertz CT molecular complexity index is 781. The number of nitrogens with one attached hydrogen (secondary N) is 1. The van der Waals surface area contributed by atoms with Crippen LogP contribution in [0.15, 0.2) is 103 Å². The number of ether oxygens (including phenoxy) is 1. The quantitative estimate of drug-likeness (QED) is 0.666. The van der Waals surface area contributed by atoms with Gasteiger partial charge in [-0.1, -0.05) is 91.0 Å². The second-order valence-corrected chi connectivity index (χ2v) is 6.69. The van der Waals surface area contributed by atoms with Crippen molar-refractivity contribution in [3.63, 3.8) is 0 Å². The fraction of sp³-hybridized carbons (Fsp3) is 0.167. The van der Waals surface area contributed by atoms with E-state index in [0.717, 1.165) is 0 Å². The SMILES string of the molecule is COCC1C=CNN1C(c1ccccc1)(c1ccccc1)c1ccccc1. The van der Waals surface area contributed by atoms with Gasteiger partial charge in [0, 0.05) is 13.3 Å². The summed E-state index contributed by atoms with van der Waals surface area (Å²) in [6.45, 7) is 0.609. The largest absolute Gasteiger partial charge is 0.383 e. The van der Waals surface area contributed by atoms with E-state index in [4.69, 9.17) is 4.74 Å². The second kappa shape index (κ2) is 7.78. The van der Waals surface area contributed by atoms with E-state index in [1.165, 1.54) is 16.7 Å². The first-order valence-corrected chi connectivity index (χ1v) is 9.25. The lowest BCUT2D eigenvalue weighted by Crippen LogP contribution is -2.56. The lowest BCUT2D eigenvalue weighted by molar-refractivity contribution is 0.0460. The van der Waals surface area contributed by atoms with Crippen molar-refractivity contribution in [2.24, 2.45) is 0 Å². The monoisotopic (exact) mass is 356 g/mol. The first-order valence-electron chi connectivity index (χ1n) is 9.25. The average molecular weight is 356 g/mol. The molecule has 136 valence electrons. The third-order valence-electron chi connectivity index (χ3n) is 5.14. The molecular formula is C24H24N2O. The molecule has 0 amide bonds. The predicted molar refractivity (Wildman–Crippen MR) is 109 cm³/mol. The highest BCUT2D eigenvalue weighted by molar-refractivity contribution is 5.50. The summed E-state index contributed by atoms with van der Waals surface area (Å²) in [5.74, 6) is 0. The van der Waals surface area contributed by atoms with Gasteiger partial charge in [0.05, 0.1) is 12.6 Å². The summed E-state index contributed by atoms with van der Waals surface area (Å²) in [7, 11) is 1.75. The van der Waals surface area contributed by atoms with E-state index in [0.29, 0.717) is 6.61 Å². The molecule has 0 fully saturated rings. The first kappa shape index (κ1) is 17.5. The molecule has 27 heavy (non-hydrogen) atoms. The minimum atomic E-state index is -0.490. The molecule has 1 N–H and O–H groups in total. The molecule has 3 nitrogen and oxygen atoms in total. The van der Waals surface area contributed by atoms with Gasteiger partial charge < -0.3 is 10.2 Å². The third kappa shape index (κ3) is 3.05. The van der Waals surface area contributed by atoms with Crippen molar-refractivity contribution in [1.82, 2.24) is 10.4 Å². The van der Waals surface area contributed by atoms with E-state index < -0.39 is 5.54 Å². The standard InChI is InChI=1S/C24H24N2O/c1-27-19-23-17-18-25-26(23)24(20-11-5-2-6-12-20,21-13-7-3-8-14-21)22-15-9-4-10-16-22/h2-18,23,25H,19H2,1H3. The van der Waals surface area contributed by atoms with Crippen LogP contribution in [0.1, 0.15) is 16.7 Å². The Hall–Kier alpha value is -2.88. The molecule has 3 heteroatoms. The maximum atomic E-state index is 5.53. The van der Waals surface area contributed by atoms with Crippen LogP contribution in [0.25, 0.3) is 0 Å². The molecule has 0 spiro atoms. The van der Waals surface area contributed by atoms with Crippen LogP contribution >= 0.6 is 0 Å². The minimum Gasteiger partial charge on any atom is -0.383 e. The molecule has 1 heterocycles. The Morgan fingerprint density at radius 2 is 1.22 bits per heavy atom. The van der Waals surface area contributed by atoms with Crippen LogP contribution in [-0.4, -0.2) is 24.8 Å². The van der Waals surface area contributed by atoms with Gasteiger partial charge in [0.15, 0.2) is 0 Å². The summed E-state index contributed by atoms with van der Waals surface area (Å²) in [4.78, 5) is 0. The van der Waals surface area contributed by atoms with Gasteiger partial charge in [-0.25, -0.2) is 0 Å². The number of methoxy groups -OCH3 is 1. The summed E-state index contributed by atoms with van der Waals surface area (Å²) >= 11 is 0. The molecule has 0 saturated heterocycles. The first-order chi connectivity index (χ1) is 13.4. The number of hydrogen-bond acceptors (Lipinski definition) is 3. The smallest absolute Gasteiger partial charge is 0.116 e. The normalized spacial score (nSPS) is 17.0. The molecule has 0 aliphatic carbocycles. The zero-order valence-corrected chi connectivity index (χ0v) is 15.5. The maximum absolute atomic E-state index is 5.53. The molecule has 1 unspecified atom stereocenters. The average Bonchev–Trinajstić information content (AvgIpc) is 3.20. The second-order valence-electron chi connectivity index (χ2n) is 6.69. The fourth-order valence-electron chi connectivity index (χ4n) is 4.02. The zero-order chi connectivity index (χ0) is 18.5. The number of benzene rings is 3. The van der Waals surface area contributed by atoms with Crippen LogP contribution in [0.5, 0.6) is 0 Å². The lowest BCUT2D eigenvalue weighted by Gasteiger charge is -2.46. The summed E-state index contributed by atoms with van der Waals surface area (Å²) in [6.07, 6.45) is 4.17. The molecule has 1 aliphatic rings. The zero-order valence-electron chi connectivity index (χ0n) is 15.5. The molecule has 3 aromatic rings. The maximum Gasteiger partial charge on any atom is 0.116 e. The van der Waals surface area contributed by atoms with Gasteiger partial charge in [-0.15, -0.1) is 0 Å². The number of nitrogens with zero attached hydrogens (tertiary/aromatic N) is 1. The van der Waals surface area contributed by atoms with E-state index in [1.807, 2.05) is 6.20 Å². The van der Waals surface area contributed by atoms with Crippen LogP contribution < -0.4 is 5.43 Å². The van der Waals surface area contributed by atoms with Crippen LogP contribution in [0.3, 0.4) is 0 Å². The van der Waals surface area contributed by atoms with Crippen molar-refractivity contribution in [2.75, 3.05) is 13.7 Å². The van der Waals surface area contributed by atoms with Gasteiger partial charge in [0.2, 0.25) is 0 Å². The summed E-state index contributed by atoms with van der Waals surface area (Å²) < 4.78 is 5.53. The van der Waals surface area contributed by atoms with Gasteiger partial charge in [-0.05, 0) is 22.8 Å². The van der Waals surface area contributed by atoms with Crippen molar-refractivity contribution in [2.45, 2.75) is 11.6 Å². The highest BCUT2D eigenvalue weighted by atomic mass is 16.5. The Kier molecular flexibility index (Phi) is 5.05. The Morgan fingerprint density at radius 3 is 1.63 bits per heavy atom. The van der Waals surface area contributed by atoms with Gasteiger partial charge in [-0.3, -0.25) is 0 Å². The van der Waals surface area contributed by atoms with Crippen LogP contribution in [0.4, 0.5) is 0 Å². The van der Waals surface area contributed by atoms with Crippen molar-refractivity contribution in [3.8, 4) is 0 Å². The van der Waals surface area contributed by atoms with E-state index >= 15 is 0 Å². The van der Waals surface area contributed by atoms with E-state index in [1.54, 1.807) is 7.11 Å². The molecular weight excluding hydrogens is 332 g/mol. The van der Waals surface area contributed by atoms with Crippen molar-refractivity contribution in [3.05, 3.63) is 120 Å². The molecule has 0 bridgehead atoms. The molecule has 0 saturated carbocycles. The lowest BCUT2D eigenvalue weighted by atomic mass is 9.76. The summed E-state index contributed by atoms with van der Waals surface area (Å²) in [6, 6.07) is 32.1. The molecule has 0 aromatic heterocycles. The van der Waals surface area contributed by atoms with Crippen LogP contribution in [-0.2, 0) is 10.3 Å². The van der Waals surface area contributed by atoms with E-state index in [9.17, 15) is 0 Å². The Labute approximate surface area is 160 Å². The van der Waals surface area contributed by atoms with Crippen molar-refractivity contribution >= 4 is 0 Å². The van der Waals surface area contributed by atoms with Gasteiger partial charge in [0.1, 0.15) is 5.54 Å². The molecule has 4 rings (SSSR count). The van der Waals surface area contributed by atoms with Gasteiger partial charge in [-0.2, -0.15) is 5.01 Å². The van der Waals surface area contributed by atoms with Crippen LogP contribution in [0, 0.1) is 0 Å². The molecule has 0 radical (unpaired) electrons. The molecule has 1 atom stereocenters. The van der Waals surface area contributed by atoms with Crippen molar-refractivity contribution in [1.29, 1.82) is 0 Å². The van der Waals surface area contributed by atoms with Gasteiger partial charge in [0.25, 0.3) is 0 Å². The summed E-state index contributed by atoms with van der Waals surface area (Å²) in [5.41, 5.74) is 6.64.